The van der Waals surface area contributed by atoms with E-state index in [-0.39, 0.29) is 16.8 Å². The van der Waals surface area contributed by atoms with Crippen molar-refractivity contribution in [3.63, 3.8) is 0 Å². The van der Waals surface area contributed by atoms with E-state index in [0.717, 1.165) is 0 Å². The van der Waals surface area contributed by atoms with Gasteiger partial charge in [0.1, 0.15) is 0 Å². The van der Waals surface area contributed by atoms with E-state index in [2.05, 4.69) is 101 Å². The molecule has 4 aromatic heterocycles. The zero-order chi connectivity index (χ0) is 24.7. The van der Waals surface area contributed by atoms with Gasteiger partial charge in [-0.25, -0.2) is 0 Å². The van der Waals surface area contributed by atoms with Crippen molar-refractivity contribution >= 4 is 32.3 Å². The smallest absolute Gasteiger partial charge is 0.0487 e. The Bertz CT molecular complexity index is 1270. The zero-order valence-electron chi connectivity index (χ0n) is 19.8. The number of nitrogens with one attached hydrogen (secondary N) is 4. The Kier molecular flexibility index (Phi) is 11.1. The minimum absolute atomic E-state index is 0. The van der Waals surface area contributed by atoms with Crippen LogP contribution in [0.25, 0.3) is 32.3 Å². The third-order valence-electron chi connectivity index (χ3n) is 5.02. The second kappa shape index (κ2) is 15.3. The number of hydrogen-bond donors (Lipinski definition) is 4. The summed E-state index contributed by atoms with van der Waals surface area (Å²) in [5.74, 6) is 0. The molecule has 37 heavy (non-hydrogen) atoms. The molecule has 4 aromatic carbocycles. The van der Waals surface area contributed by atoms with Gasteiger partial charge in [-0.2, -0.15) is 20.4 Å². The molecule has 0 atom stereocenters. The minimum atomic E-state index is 0. The number of aromatic nitrogens is 8. The van der Waals surface area contributed by atoms with Crippen LogP contribution in [0.2, 0.25) is 0 Å². The van der Waals surface area contributed by atoms with Crippen molar-refractivity contribution in [3.05, 3.63) is 135 Å². The molecule has 0 amide bonds. The summed E-state index contributed by atoms with van der Waals surface area (Å²) < 4.78 is 0. The molecule has 0 aliphatic carbocycles. The van der Waals surface area contributed by atoms with Crippen molar-refractivity contribution in [2.75, 3.05) is 0 Å². The third kappa shape index (κ3) is 8.17. The second-order valence-corrected chi connectivity index (χ2v) is 7.36. The summed E-state index contributed by atoms with van der Waals surface area (Å²) >= 11 is 0. The number of hydrogen-bond acceptors (Lipinski definition) is 4. The summed E-state index contributed by atoms with van der Waals surface area (Å²) in [5.41, 5.74) is 0. The molecular formula is C28H26CoN8. The van der Waals surface area contributed by atoms with Crippen LogP contribution in [-0.4, -0.2) is 40.8 Å². The van der Waals surface area contributed by atoms with Crippen LogP contribution in [0.5, 0.6) is 0 Å². The van der Waals surface area contributed by atoms with E-state index in [1.807, 2.05) is 24.3 Å². The fourth-order valence-electron chi connectivity index (χ4n) is 3.53. The van der Waals surface area contributed by atoms with Crippen molar-refractivity contribution in [1.82, 2.24) is 40.8 Å². The molecule has 4 N–H and O–H groups in total. The van der Waals surface area contributed by atoms with Gasteiger partial charge in [0.05, 0.1) is 0 Å². The molecule has 0 saturated heterocycles. The summed E-state index contributed by atoms with van der Waals surface area (Å²) in [6, 6.07) is 29.2. The maximum Gasteiger partial charge on any atom is 0.0487 e. The molecule has 9 heteroatoms. The molecule has 8 aromatic rings. The summed E-state index contributed by atoms with van der Waals surface area (Å²) in [6.45, 7) is 0. The Morgan fingerprint density at radius 3 is 0.784 bits per heavy atom. The SMILES string of the molecule is [Co].c1cc2ccc3cccc4ccc(c1)c2c34.c1cn[nH]c1.c1cn[nH]c1.c1cn[nH]c1.c1cn[nH]c1. The van der Waals surface area contributed by atoms with Gasteiger partial charge in [-0.05, 0) is 56.6 Å². The molecule has 0 fully saturated rings. The summed E-state index contributed by atoms with van der Waals surface area (Å²) in [6.07, 6.45) is 13.8. The molecule has 1 radical (unpaired) electrons. The maximum atomic E-state index is 3.60. The van der Waals surface area contributed by atoms with Crippen molar-refractivity contribution in [1.29, 1.82) is 0 Å². The Balaban J connectivity index is 0.000000149. The summed E-state index contributed by atoms with van der Waals surface area (Å²) in [7, 11) is 0. The standard InChI is InChI=1S/C16H10.4C3H4N2.Co/c1-3-11-7-9-13-5-2-6-14-10-8-12(4-1)15(11)16(13)14;4*1-2-4-5-3-1;/h1-10H;4*1-3H,(H,4,5);. The van der Waals surface area contributed by atoms with Crippen molar-refractivity contribution in [2.24, 2.45) is 0 Å². The number of rotatable bonds is 0. The largest absolute Gasteiger partial charge is 0.286 e. The Labute approximate surface area is 224 Å². The molecule has 0 saturated carbocycles. The molecule has 0 unspecified atom stereocenters. The molecule has 4 heterocycles. The molecule has 0 bridgehead atoms. The van der Waals surface area contributed by atoms with E-state index in [0.29, 0.717) is 0 Å². The quantitative estimate of drug-likeness (QED) is 0.173. The average Bonchev–Trinajstić information content (AvgIpc) is 3.80. The van der Waals surface area contributed by atoms with Gasteiger partial charge in [0.15, 0.2) is 0 Å². The predicted molar refractivity (Wildman–Crippen MR) is 144 cm³/mol. The van der Waals surface area contributed by atoms with Crippen LogP contribution in [0.15, 0.2) is 135 Å². The van der Waals surface area contributed by atoms with Crippen molar-refractivity contribution in [3.8, 4) is 0 Å². The first kappa shape index (κ1) is 26.9. The monoisotopic (exact) mass is 533 g/mol. The number of H-pyrrole nitrogens is 4. The van der Waals surface area contributed by atoms with Crippen LogP contribution in [0.4, 0.5) is 0 Å². The van der Waals surface area contributed by atoms with Gasteiger partial charge in [-0.15, -0.1) is 0 Å². The van der Waals surface area contributed by atoms with Crippen LogP contribution in [0, 0.1) is 0 Å². The van der Waals surface area contributed by atoms with E-state index < -0.39 is 0 Å². The zero-order valence-corrected chi connectivity index (χ0v) is 20.9. The molecule has 0 aliphatic heterocycles. The topological polar surface area (TPSA) is 115 Å². The van der Waals surface area contributed by atoms with Crippen LogP contribution < -0.4 is 0 Å². The first-order valence-electron chi connectivity index (χ1n) is 11.3. The maximum absolute atomic E-state index is 3.60. The molecule has 0 spiro atoms. The van der Waals surface area contributed by atoms with Gasteiger partial charge >= 0.3 is 0 Å². The Morgan fingerprint density at radius 2 is 0.622 bits per heavy atom. The molecular weight excluding hydrogens is 507 g/mol. The van der Waals surface area contributed by atoms with Crippen LogP contribution >= 0.6 is 0 Å². The van der Waals surface area contributed by atoms with Gasteiger partial charge in [0.25, 0.3) is 0 Å². The van der Waals surface area contributed by atoms with E-state index in [1.54, 1.807) is 49.6 Å². The molecule has 187 valence electrons. The number of nitrogens with zero attached hydrogens (tertiary/aromatic N) is 4. The summed E-state index contributed by atoms with van der Waals surface area (Å²) in [4.78, 5) is 0. The Hall–Kier alpha value is -4.73. The van der Waals surface area contributed by atoms with Crippen LogP contribution in [0.3, 0.4) is 0 Å². The first-order chi connectivity index (χ1) is 17.9. The van der Waals surface area contributed by atoms with E-state index >= 15 is 0 Å². The van der Waals surface area contributed by atoms with E-state index in [4.69, 9.17) is 0 Å². The molecule has 8 nitrogen and oxygen atoms in total. The minimum Gasteiger partial charge on any atom is -0.286 e. The van der Waals surface area contributed by atoms with Crippen molar-refractivity contribution < 1.29 is 16.8 Å². The summed E-state index contributed by atoms with van der Waals surface area (Å²) in [5, 5.41) is 33.0. The average molecular weight is 534 g/mol. The second-order valence-electron chi connectivity index (χ2n) is 7.36. The third-order valence-corrected chi connectivity index (χ3v) is 5.02. The predicted octanol–water partition coefficient (Wildman–Crippen LogP) is 6.22. The van der Waals surface area contributed by atoms with E-state index in [9.17, 15) is 0 Å². The number of aromatic amines is 4. The fourth-order valence-corrected chi connectivity index (χ4v) is 3.53. The van der Waals surface area contributed by atoms with Gasteiger partial charge < -0.3 is 0 Å². The fraction of sp³-hybridized carbons (Fsp3) is 0. The first-order valence-corrected chi connectivity index (χ1v) is 11.3. The number of benzene rings is 4. The Morgan fingerprint density at radius 1 is 0.351 bits per heavy atom. The molecule has 8 rings (SSSR count). The van der Waals surface area contributed by atoms with E-state index in [1.165, 1.54) is 32.3 Å². The van der Waals surface area contributed by atoms with Crippen LogP contribution in [-0.2, 0) is 16.8 Å². The van der Waals surface area contributed by atoms with Crippen molar-refractivity contribution in [2.45, 2.75) is 0 Å². The van der Waals surface area contributed by atoms with Crippen LogP contribution in [0.1, 0.15) is 0 Å². The molecule has 0 aliphatic rings. The van der Waals surface area contributed by atoms with Gasteiger partial charge in [-0.3, -0.25) is 20.4 Å². The normalized spacial score (nSPS) is 9.41. The van der Waals surface area contributed by atoms with Gasteiger partial charge in [-0.1, -0.05) is 60.7 Å². The van der Waals surface area contributed by atoms with Gasteiger partial charge in [0, 0.05) is 66.4 Å². The van der Waals surface area contributed by atoms with Gasteiger partial charge in [0.2, 0.25) is 0 Å².